The summed E-state index contributed by atoms with van der Waals surface area (Å²) in [5.74, 6) is 0.396. The number of rotatable bonds is 5. The van der Waals surface area contributed by atoms with E-state index in [2.05, 4.69) is 22.4 Å². The van der Waals surface area contributed by atoms with Crippen molar-refractivity contribution in [3.8, 4) is 11.5 Å². The van der Waals surface area contributed by atoms with Crippen LogP contribution in [0.5, 0.6) is 11.5 Å². The predicted molar refractivity (Wildman–Crippen MR) is 107 cm³/mol. The maximum Gasteiger partial charge on any atom is 0.161 e. The number of benzene rings is 1. The summed E-state index contributed by atoms with van der Waals surface area (Å²) in [4.78, 5) is 3.99. The zero-order valence-corrected chi connectivity index (χ0v) is 16.3. The first-order chi connectivity index (χ1) is 13.2. The Morgan fingerprint density at radius 3 is 2.70 bits per heavy atom. The van der Waals surface area contributed by atoms with E-state index in [-0.39, 0.29) is 23.7 Å². The molecule has 2 unspecified atom stereocenters. The molecule has 0 amide bonds. The Bertz CT molecular complexity index is 757. The van der Waals surface area contributed by atoms with Crippen molar-refractivity contribution in [3.63, 3.8) is 0 Å². The number of phenols is 2. The summed E-state index contributed by atoms with van der Waals surface area (Å²) in [6, 6.07) is 7.67. The number of hydrogen-bond acceptors (Lipinski definition) is 6. The maximum atomic E-state index is 10.3. The van der Waals surface area contributed by atoms with Crippen LogP contribution in [0.1, 0.15) is 34.9 Å². The van der Waals surface area contributed by atoms with Crippen LogP contribution in [-0.4, -0.2) is 47.4 Å². The molecule has 2 atom stereocenters. The molecule has 1 aromatic heterocycles. The van der Waals surface area contributed by atoms with Crippen LogP contribution >= 0.6 is 11.3 Å². The highest BCUT2D eigenvalue weighted by atomic mass is 32.1. The molecule has 0 aliphatic carbocycles. The summed E-state index contributed by atoms with van der Waals surface area (Å²) in [7, 11) is 0. The van der Waals surface area contributed by atoms with E-state index >= 15 is 0 Å². The number of aromatic hydroxyl groups is 2. The number of phenolic OH excluding ortho intramolecular Hbond substituents is 2. The van der Waals surface area contributed by atoms with Gasteiger partial charge in [0.15, 0.2) is 11.5 Å². The average Bonchev–Trinajstić information content (AvgIpc) is 3.22. The van der Waals surface area contributed by atoms with Crippen molar-refractivity contribution >= 4 is 11.3 Å². The summed E-state index contributed by atoms with van der Waals surface area (Å²) in [5, 5.41) is 22.3. The molecule has 4 rings (SSSR count). The number of likely N-dealkylation sites (tertiary alicyclic amines) is 1. The molecular formula is C21H28N2O3S. The second-order valence-corrected chi connectivity index (χ2v) is 8.64. The molecule has 2 aliphatic rings. The van der Waals surface area contributed by atoms with Crippen molar-refractivity contribution < 1.29 is 14.9 Å². The van der Waals surface area contributed by atoms with Gasteiger partial charge in [-0.1, -0.05) is 12.1 Å². The topological polar surface area (TPSA) is 79.0 Å². The Labute approximate surface area is 164 Å². The molecule has 4 N–H and O–H groups in total. The number of nitrogens with zero attached hydrogens (tertiary/aromatic N) is 1. The van der Waals surface area contributed by atoms with E-state index in [4.69, 9.17) is 10.5 Å². The third-order valence-electron chi connectivity index (χ3n) is 6.02. The summed E-state index contributed by atoms with van der Waals surface area (Å²) >= 11 is 1.83. The lowest BCUT2D eigenvalue weighted by atomic mass is 9.83. The standard InChI is InChI=1S/C21H28N2O3S/c22-13-20-16-3-4-18(24)21(25)17(16)12-19(26-20)14-5-8-23(9-6-14)10-7-15-2-1-11-27-15/h1-4,11,14,19-20,24-25H,5-10,12-13,22H2. The normalized spacial score (nSPS) is 24.0. The van der Waals surface area contributed by atoms with Crippen LogP contribution in [-0.2, 0) is 17.6 Å². The van der Waals surface area contributed by atoms with Crippen LogP contribution in [0, 0.1) is 5.92 Å². The third-order valence-corrected chi connectivity index (χ3v) is 6.95. The van der Waals surface area contributed by atoms with Crippen LogP contribution in [0.2, 0.25) is 0 Å². The van der Waals surface area contributed by atoms with Gasteiger partial charge < -0.3 is 25.6 Å². The van der Waals surface area contributed by atoms with Crippen molar-refractivity contribution in [2.45, 2.75) is 37.9 Å². The first-order valence-electron chi connectivity index (χ1n) is 9.79. The molecule has 6 heteroatoms. The van der Waals surface area contributed by atoms with Gasteiger partial charge in [-0.15, -0.1) is 11.3 Å². The van der Waals surface area contributed by atoms with Gasteiger partial charge in [-0.25, -0.2) is 0 Å². The quantitative estimate of drug-likeness (QED) is 0.686. The second kappa shape index (κ2) is 8.19. The largest absolute Gasteiger partial charge is 0.504 e. The summed E-state index contributed by atoms with van der Waals surface area (Å²) < 4.78 is 6.32. The molecule has 0 saturated carbocycles. The molecule has 146 valence electrons. The molecule has 1 aromatic carbocycles. The lowest BCUT2D eigenvalue weighted by molar-refractivity contribution is -0.0646. The Balaban J connectivity index is 1.37. The minimum absolute atomic E-state index is 0.00682. The molecule has 2 aromatic rings. The molecule has 0 spiro atoms. The SMILES string of the molecule is NCC1OC(C2CCN(CCc3cccs3)CC2)Cc2c1ccc(O)c2O. The first-order valence-corrected chi connectivity index (χ1v) is 10.7. The molecule has 0 radical (unpaired) electrons. The predicted octanol–water partition coefficient (Wildman–Crippen LogP) is 3.06. The Kier molecular flexibility index (Phi) is 5.68. The molecule has 2 aliphatic heterocycles. The highest BCUT2D eigenvalue weighted by Gasteiger charge is 2.35. The fraction of sp³-hybridized carbons (Fsp3) is 0.524. The number of ether oxygens (including phenoxy) is 1. The van der Waals surface area contributed by atoms with Gasteiger partial charge in [0.1, 0.15) is 0 Å². The van der Waals surface area contributed by atoms with Gasteiger partial charge in [0, 0.05) is 30.0 Å². The molecule has 3 heterocycles. The van der Waals surface area contributed by atoms with E-state index in [1.165, 1.54) is 10.9 Å². The van der Waals surface area contributed by atoms with Crippen molar-refractivity contribution in [2.24, 2.45) is 11.7 Å². The maximum absolute atomic E-state index is 10.3. The van der Waals surface area contributed by atoms with Crippen LogP contribution in [0.3, 0.4) is 0 Å². The summed E-state index contributed by atoms with van der Waals surface area (Å²) in [5.41, 5.74) is 7.65. The van der Waals surface area contributed by atoms with Crippen LogP contribution in [0.4, 0.5) is 0 Å². The van der Waals surface area contributed by atoms with E-state index in [0.29, 0.717) is 18.9 Å². The van der Waals surface area contributed by atoms with Gasteiger partial charge in [-0.2, -0.15) is 0 Å². The number of piperidine rings is 1. The van der Waals surface area contributed by atoms with E-state index in [0.717, 1.165) is 50.0 Å². The first kappa shape index (κ1) is 18.7. The number of hydrogen-bond donors (Lipinski definition) is 3. The molecular weight excluding hydrogens is 360 g/mol. The number of thiophene rings is 1. The van der Waals surface area contributed by atoms with E-state index in [1.54, 1.807) is 0 Å². The highest BCUT2D eigenvalue weighted by Crippen LogP contribution is 2.42. The minimum atomic E-state index is -0.206. The highest BCUT2D eigenvalue weighted by molar-refractivity contribution is 7.09. The van der Waals surface area contributed by atoms with Crippen molar-refractivity contribution in [1.82, 2.24) is 4.90 Å². The van der Waals surface area contributed by atoms with Gasteiger partial charge >= 0.3 is 0 Å². The van der Waals surface area contributed by atoms with Crippen molar-refractivity contribution in [3.05, 3.63) is 45.6 Å². The van der Waals surface area contributed by atoms with E-state index in [9.17, 15) is 10.2 Å². The van der Waals surface area contributed by atoms with Crippen molar-refractivity contribution in [1.29, 1.82) is 0 Å². The monoisotopic (exact) mass is 388 g/mol. The molecule has 5 nitrogen and oxygen atoms in total. The van der Waals surface area contributed by atoms with E-state index in [1.807, 2.05) is 17.4 Å². The fourth-order valence-electron chi connectivity index (χ4n) is 4.42. The average molecular weight is 389 g/mol. The van der Waals surface area contributed by atoms with Crippen LogP contribution in [0.15, 0.2) is 29.6 Å². The molecule has 27 heavy (non-hydrogen) atoms. The number of fused-ring (bicyclic) bond motifs is 1. The summed E-state index contributed by atoms with van der Waals surface area (Å²) in [6.07, 6.45) is 3.81. The van der Waals surface area contributed by atoms with Crippen LogP contribution in [0.25, 0.3) is 0 Å². The number of nitrogens with two attached hydrogens (primary N) is 1. The smallest absolute Gasteiger partial charge is 0.161 e. The van der Waals surface area contributed by atoms with Gasteiger partial charge in [0.25, 0.3) is 0 Å². The van der Waals surface area contributed by atoms with Gasteiger partial charge in [-0.05, 0) is 61.3 Å². The third kappa shape index (κ3) is 3.99. The second-order valence-electron chi connectivity index (χ2n) is 7.61. The lowest BCUT2D eigenvalue weighted by Gasteiger charge is -2.40. The minimum Gasteiger partial charge on any atom is -0.504 e. The Morgan fingerprint density at radius 2 is 2.00 bits per heavy atom. The Morgan fingerprint density at radius 1 is 1.19 bits per heavy atom. The Hall–Kier alpha value is -1.60. The molecule has 0 bridgehead atoms. The summed E-state index contributed by atoms with van der Waals surface area (Å²) in [6.45, 7) is 3.67. The van der Waals surface area contributed by atoms with Gasteiger partial charge in [0.05, 0.1) is 12.2 Å². The van der Waals surface area contributed by atoms with Gasteiger partial charge in [0.2, 0.25) is 0 Å². The van der Waals surface area contributed by atoms with Crippen molar-refractivity contribution in [2.75, 3.05) is 26.2 Å². The zero-order chi connectivity index (χ0) is 18.8. The zero-order valence-electron chi connectivity index (χ0n) is 15.5. The van der Waals surface area contributed by atoms with Gasteiger partial charge in [-0.3, -0.25) is 0 Å². The lowest BCUT2D eigenvalue weighted by Crippen LogP contribution is -2.42. The van der Waals surface area contributed by atoms with E-state index < -0.39 is 0 Å². The molecule has 1 saturated heterocycles. The molecule has 1 fully saturated rings. The van der Waals surface area contributed by atoms with Crippen LogP contribution < -0.4 is 5.73 Å². The fourth-order valence-corrected chi connectivity index (χ4v) is 5.12.